The first-order valence-corrected chi connectivity index (χ1v) is 3.85. The first-order valence-electron chi connectivity index (χ1n) is 3.85. The summed E-state index contributed by atoms with van der Waals surface area (Å²) in [5.74, 6) is 0.699. The predicted molar refractivity (Wildman–Crippen MR) is 45.0 cm³/mol. The Kier molecular flexibility index (Phi) is 2.91. The van der Waals surface area contributed by atoms with Crippen LogP contribution in [0.2, 0.25) is 0 Å². The quantitative estimate of drug-likeness (QED) is 0.485. The second-order valence-electron chi connectivity index (χ2n) is 2.35. The molecule has 0 radical (unpaired) electrons. The fourth-order valence-corrected chi connectivity index (χ4v) is 0.985. The van der Waals surface area contributed by atoms with Crippen LogP contribution in [0.5, 0.6) is 0 Å². The van der Waals surface area contributed by atoms with E-state index in [0.717, 1.165) is 0 Å². The summed E-state index contributed by atoms with van der Waals surface area (Å²) in [7, 11) is 5.32. The molecule has 0 aromatic heterocycles. The normalized spacial score (nSPS) is 21.1. The van der Waals surface area contributed by atoms with Crippen LogP contribution in [0.4, 0.5) is 0 Å². The Labute approximate surface area is 72.1 Å². The molecule has 12 heavy (non-hydrogen) atoms. The van der Waals surface area contributed by atoms with E-state index in [1.165, 1.54) is 0 Å². The average molecular weight is 173 g/mol. The fraction of sp³-hybridized carbons (Fsp3) is 0.714. The third-order valence-electron chi connectivity index (χ3n) is 1.71. The number of ether oxygens (including phenoxy) is 2. The van der Waals surface area contributed by atoms with E-state index in [0.29, 0.717) is 12.5 Å². The van der Waals surface area contributed by atoms with Gasteiger partial charge in [-0.15, -0.1) is 0 Å². The highest BCUT2D eigenvalue weighted by Gasteiger charge is 2.32. The van der Waals surface area contributed by atoms with Gasteiger partial charge in [-0.3, -0.25) is 0 Å². The molecule has 0 amide bonds. The van der Waals surface area contributed by atoms with Gasteiger partial charge in [0.25, 0.3) is 0 Å². The summed E-state index contributed by atoms with van der Waals surface area (Å²) in [4.78, 5) is 0. The molecule has 5 heteroatoms. The van der Waals surface area contributed by atoms with E-state index in [4.69, 9.17) is 9.47 Å². The lowest BCUT2D eigenvalue weighted by molar-refractivity contribution is -0.258. The van der Waals surface area contributed by atoms with Crippen LogP contribution in [0, 0.1) is 0 Å². The molecule has 0 fully saturated rings. The molecule has 3 N–H and O–H groups in total. The van der Waals surface area contributed by atoms with Crippen molar-refractivity contribution in [3.8, 4) is 0 Å². The highest BCUT2D eigenvalue weighted by Crippen LogP contribution is 2.13. The minimum Gasteiger partial charge on any atom is -0.421 e. The Bertz CT molecular complexity index is 177. The Morgan fingerprint density at radius 2 is 2.00 bits per heavy atom. The third kappa shape index (κ3) is 1.69. The highest BCUT2D eigenvalue weighted by atomic mass is 16.7. The minimum absolute atomic E-state index is 0.512. The monoisotopic (exact) mass is 173 g/mol. The molecule has 0 aromatic rings. The van der Waals surface area contributed by atoms with Crippen LogP contribution in [0.1, 0.15) is 0 Å². The molecule has 0 bridgehead atoms. The molecular weight excluding hydrogens is 158 g/mol. The maximum Gasteiger partial charge on any atom is 0.337 e. The molecular formula is C7H15N3O2. The van der Waals surface area contributed by atoms with Gasteiger partial charge in [-0.25, -0.2) is 10.6 Å². The molecule has 1 rings (SSSR count). The van der Waals surface area contributed by atoms with Crippen molar-refractivity contribution < 1.29 is 9.47 Å². The SMILES string of the molecule is CNC1=CCOC(NC)(NC)O1. The van der Waals surface area contributed by atoms with Crippen LogP contribution in [0.15, 0.2) is 12.0 Å². The Hall–Kier alpha value is -0.780. The number of nitrogens with one attached hydrogen (secondary N) is 3. The van der Waals surface area contributed by atoms with Crippen molar-refractivity contribution >= 4 is 0 Å². The summed E-state index contributed by atoms with van der Waals surface area (Å²) in [5, 5.41) is 8.70. The van der Waals surface area contributed by atoms with Crippen molar-refractivity contribution in [1.82, 2.24) is 16.0 Å². The van der Waals surface area contributed by atoms with Gasteiger partial charge in [0, 0.05) is 13.1 Å². The van der Waals surface area contributed by atoms with Crippen LogP contribution < -0.4 is 16.0 Å². The molecule has 0 spiro atoms. The molecule has 1 aliphatic rings. The first kappa shape index (κ1) is 9.31. The maximum atomic E-state index is 5.43. The van der Waals surface area contributed by atoms with Gasteiger partial charge >= 0.3 is 6.03 Å². The number of rotatable bonds is 3. The van der Waals surface area contributed by atoms with E-state index in [1.54, 1.807) is 21.1 Å². The second-order valence-corrected chi connectivity index (χ2v) is 2.35. The first-order chi connectivity index (χ1) is 5.76. The van der Waals surface area contributed by atoms with E-state index in [-0.39, 0.29) is 0 Å². The van der Waals surface area contributed by atoms with Gasteiger partial charge in [0.05, 0.1) is 6.61 Å². The fourth-order valence-electron chi connectivity index (χ4n) is 0.985. The highest BCUT2D eigenvalue weighted by molar-refractivity contribution is 4.94. The zero-order valence-corrected chi connectivity index (χ0v) is 7.60. The largest absolute Gasteiger partial charge is 0.421 e. The van der Waals surface area contributed by atoms with E-state index >= 15 is 0 Å². The summed E-state index contributed by atoms with van der Waals surface area (Å²) < 4.78 is 10.8. The van der Waals surface area contributed by atoms with Crippen molar-refractivity contribution in [3.63, 3.8) is 0 Å². The lowest BCUT2D eigenvalue weighted by atomic mass is 10.5. The molecule has 1 heterocycles. The molecule has 0 aromatic carbocycles. The van der Waals surface area contributed by atoms with Gasteiger partial charge in [0.15, 0.2) is 5.88 Å². The second kappa shape index (κ2) is 3.75. The van der Waals surface area contributed by atoms with Crippen molar-refractivity contribution in [2.24, 2.45) is 0 Å². The molecule has 0 unspecified atom stereocenters. The van der Waals surface area contributed by atoms with Gasteiger partial charge in [0.1, 0.15) is 0 Å². The van der Waals surface area contributed by atoms with Crippen molar-refractivity contribution in [2.75, 3.05) is 27.7 Å². The van der Waals surface area contributed by atoms with Crippen LogP contribution in [-0.4, -0.2) is 33.8 Å². The lowest BCUT2D eigenvalue weighted by Gasteiger charge is -2.35. The average Bonchev–Trinajstić information content (AvgIpc) is 2.18. The van der Waals surface area contributed by atoms with Crippen LogP contribution in [-0.2, 0) is 9.47 Å². The van der Waals surface area contributed by atoms with Gasteiger partial charge in [0.2, 0.25) is 0 Å². The summed E-state index contributed by atoms with van der Waals surface area (Å²) in [5.41, 5.74) is 0. The van der Waals surface area contributed by atoms with E-state index < -0.39 is 6.03 Å². The minimum atomic E-state index is -0.896. The van der Waals surface area contributed by atoms with Crippen molar-refractivity contribution in [2.45, 2.75) is 6.03 Å². The Balaban J connectivity index is 2.64. The Morgan fingerprint density at radius 1 is 1.33 bits per heavy atom. The summed E-state index contributed by atoms with van der Waals surface area (Å²) >= 11 is 0. The zero-order valence-electron chi connectivity index (χ0n) is 7.60. The van der Waals surface area contributed by atoms with E-state index in [9.17, 15) is 0 Å². The molecule has 0 atom stereocenters. The van der Waals surface area contributed by atoms with Crippen LogP contribution in [0.3, 0.4) is 0 Å². The molecule has 5 nitrogen and oxygen atoms in total. The Morgan fingerprint density at radius 3 is 2.50 bits per heavy atom. The van der Waals surface area contributed by atoms with E-state index in [1.807, 2.05) is 6.08 Å². The molecule has 0 aliphatic carbocycles. The number of hydrogen-bond acceptors (Lipinski definition) is 5. The maximum absolute atomic E-state index is 5.43. The number of hydrogen-bond donors (Lipinski definition) is 3. The van der Waals surface area contributed by atoms with Crippen molar-refractivity contribution in [1.29, 1.82) is 0 Å². The summed E-state index contributed by atoms with van der Waals surface area (Å²) in [6, 6.07) is -0.896. The molecule has 0 saturated carbocycles. The third-order valence-corrected chi connectivity index (χ3v) is 1.71. The molecule has 0 saturated heterocycles. The van der Waals surface area contributed by atoms with Gasteiger partial charge < -0.3 is 14.8 Å². The van der Waals surface area contributed by atoms with Crippen LogP contribution >= 0.6 is 0 Å². The predicted octanol–water partition coefficient (Wildman–Crippen LogP) is -0.856. The lowest BCUT2D eigenvalue weighted by Crippen LogP contribution is -2.60. The van der Waals surface area contributed by atoms with Crippen LogP contribution in [0.25, 0.3) is 0 Å². The zero-order chi connectivity index (χ0) is 9.03. The topological polar surface area (TPSA) is 54.5 Å². The molecule has 70 valence electrons. The van der Waals surface area contributed by atoms with Gasteiger partial charge in [-0.05, 0) is 14.1 Å². The smallest absolute Gasteiger partial charge is 0.337 e. The van der Waals surface area contributed by atoms with Gasteiger partial charge in [-0.2, -0.15) is 0 Å². The standard InChI is InChI=1S/C7H15N3O2/c1-8-6-4-5-11-7(9-2,10-3)12-6/h4,8-10H,5H2,1-3H3. The summed E-state index contributed by atoms with van der Waals surface area (Å²) in [6.45, 7) is 0.512. The van der Waals surface area contributed by atoms with E-state index in [2.05, 4.69) is 16.0 Å². The van der Waals surface area contributed by atoms with Gasteiger partial charge in [-0.1, -0.05) is 0 Å². The summed E-state index contributed by atoms with van der Waals surface area (Å²) in [6.07, 6.45) is 1.83. The van der Waals surface area contributed by atoms with Crippen molar-refractivity contribution in [3.05, 3.63) is 12.0 Å². The molecule has 1 aliphatic heterocycles.